The van der Waals surface area contributed by atoms with E-state index in [9.17, 15) is 0 Å². The predicted molar refractivity (Wildman–Crippen MR) is 79.6 cm³/mol. The highest BCUT2D eigenvalue weighted by atomic mass is 16.5. The van der Waals surface area contributed by atoms with Crippen LogP contribution in [0.1, 0.15) is 19.4 Å². The van der Waals surface area contributed by atoms with E-state index < -0.39 is 0 Å². The third-order valence-electron chi connectivity index (χ3n) is 3.13. The van der Waals surface area contributed by atoms with E-state index in [2.05, 4.69) is 41.0 Å². The van der Waals surface area contributed by atoms with Crippen LogP contribution in [0, 0.1) is 0 Å². The third-order valence-corrected chi connectivity index (χ3v) is 3.13. The normalized spacial score (nSPS) is 11.6. The minimum absolute atomic E-state index is 0.0637. The number of fused-ring (bicyclic) bond motifs is 1. The van der Waals surface area contributed by atoms with Crippen LogP contribution in [0.2, 0.25) is 0 Å². The van der Waals surface area contributed by atoms with Crippen molar-refractivity contribution in [3.63, 3.8) is 0 Å². The van der Waals surface area contributed by atoms with Gasteiger partial charge < -0.3 is 19.7 Å². The van der Waals surface area contributed by atoms with Crippen LogP contribution in [-0.2, 0) is 17.8 Å². The van der Waals surface area contributed by atoms with Crippen molar-refractivity contribution in [1.82, 2.24) is 14.9 Å². The number of ether oxygens (including phenoxy) is 1. The number of nitrogens with zero attached hydrogens (tertiary/aromatic N) is 2. The standard InChI is InChI=1S/C15H23N3O2/c1-12(2)17-10-13-11-18(6-8-20-9-7-19)15-14(13)4-3-5-16-15/h3-5,11-12,17,19H,6-10H2,1-2H3. The highest BCUT2D eigenvalue weighted by Crippen LogP contribution is 2.19. The monoisotopic (exact) mass is 277 g/mol. The molecule has 0 atom stereocenters. The highest BCUT2D eigenvalue weighted by molar-refractivity contribution is 5.80. The van der Waals surface area contributed by atoms with E-state index in [4.69, 9.17) is 9.84 Å². The van der Waals surface area contributed by atoms with Gasteiger partial charge in [0.1, 0.15) is 5.65 Å². The molecule has 0 unspecified atom stereocenters. The van der Waals surface area contributed by atoms with Gasteiger partial charge in [-0.25, -0.2) is 4.98 Å². The fourth-order valence-corrected chi connectivity index (χ4v) is 2.15. The van der Waals surface area contributed by atoms with Crippen molar-refractivity contribution in [3.05, 3.63) is 30.1 Å². The summed E-state index contributed by atoms with van der Waals surface area (Å²) < 4.78 is 7.44. The average Bonchev–Trinajstić information content (AvgIpc) is 2.80. The van der Waals surface area contributed by atoms with E-state index in [1.165, 1.54) is 10.9 Å². The number of hydrogen-bond donors (Lipinski definition) is 2. The molecule has 0 spiro atoms. The first-order chi connectivity index (χ1) is 9.72. The highest BCUT2D eigenvalue weighted by Gasteiger charge is 2.09. The van der Waals surface area contributed by atoms with E-state index in [0.29, 0.717) is 19.3 Å². The number of hydrogen-bond acceptors (Lipinski definition) is 4. The zero-order valence-corrected chi connectivity index (χ0v) is 12.2. The topological polar surface area (TPSA) is 59.3 Å². The van der Waals surface area contributed by atoms with E-state index >= 15 is 0 Å². The molecule has 0 aliphatic carbocycles. The minimum Gasteiger partial charge on any atom is -0.394 e. The van der Waals surface area contributed by atoms with Crippen molar-refractivity contribution < 1.29 is 9.84 Å². The number of aliphatic hydroxyl groups is 1. The number of aliphatic hydroxyl groups excluding tert-OH is 1. The Morgan fingerprint density at radius 1 is 1.40 bits per heavy atom. The quantitative estimate of drug-likeness (QED) is 0.719. The van der Waals surface area contributed by atoms with Crippen LogP contribution in [0.15, 0.2) is 24.5 Å². The molecule has 5 nitrogen and oxygen atoms in total. The maximum absolute atomic E-state index is 8.71. The summed E-state index contributed by atoms with van der Waals surface area (Å²) in [4.78, 5) is 4.46. The lowest BCUT2D eigenvalue weighted by molar-refractivity contribution is 0.0874. The Balaban J connectivity index is 2.13. The molecule has 110 valence electrons. The Kier molecular flexibility index (Phi) is 5.52. The summed E-state index contributed by atoms with van der Waals surface area (Å²) in [5, 5.41) is 13.3. The van der Waals surface area contributed by atoms with Crippen molar-refractivity contribution in [1.29, 1.82) is 0 Å². The van der Waals surface area contributed by atoms with Crippen LogP contribution in [-0.4, -0.2) is 40.5 Å². The van der Waals surface area contributed by atoms with Crippen LogP contribution in [0.5, 0.6) is 0 Å². The van der Waals surface area contributed by atoms with Crippen LogP contribution in [0.3, 0.4) is 0 Å². The second-order valence-corrected chi connectivity index (χ2v) is 5.09. The first-order valence-corrected chi connectivity index (χ1v) is 7.07. The molecule has 0 saturated heterocycles. The number of pyridine rings is 1. The molecular weight excluding hydrogens is 254 g/mol. The predicted octanol–water partition coefficient (Wildman–Crippen LogP) is 1.54. The maximum Gasteiger partial charge on any atom is 0.140 e. The Morgan fingerprint density at radius 2 is 2.25 bits per heavy atom. The van der Waals surface area contributed by atoms with Crippen molar-refractivity contribution >= 4 is 11.0 Å². The van der Waals surface area contributed by atoms with Crippen LogP contribution in [0.25, 0.3) is 11.0 Å². The van der Waals surface area contributed by atoms with Crippen molar-refractivity contribution in [3.8, 4) is 0 Å². The van der Waals surface area contributed by atoms with Gasteiger partial charge in [0.05, 0.1) is 19.8 Å². The van der Waals surface area contributed by atoms with E-state index in [1.807, 2.05) is 12.3 Å². The Hall–Kier alpha value is -1.43. The molecule has 0 radical (unpaired) electrons. The first kappa shape index (κ1) is 15.0. The van der Waals surface area contributed by atoms with Crippen LogP contribution in [0.4, 0.5) is 0 Å². The summed E-state index contributed by atoms with van der Waals surface area (Å²) in [6.45, 7) is 6.89. The molecule has 2 aromatic heterocycles. The SMILES string of the molecule is CC(C)NCc1cn(CCOCCO)c2ncccc12. The average molecular weight is 277 g/mol. The van der Waals surface area contributed by atoms with E-state index in [1.54, 1.807) is 0 Å². The van der Waals surface area contributed by atoms with Crippen molar-refractivity contribution in [2.75, 3.05) is 19.8 Å². The molecule has 2 aromatic rings. The molecule has 0 saturated carbocycles. The molecule has 0 fully saturated rings. The second kappa shape index (κ2) is 7.38. The maximum atomic E-state index is 8.71. The Labute approximate surface area is 119 Å². The molecule has 0 aromatic carbocycles. The Bertz CT molecular complexity index is 537. The van der Waals surface area contributed by atoms with E-state index in [0.717, 1.165) is 18.7 Å². The van der Waals surface area contributed by atoms with Crippen LogP contribution < -0.4 is 5.32 Å². The summed E-state index contributed by atoms with van der Waals surface area (Å²) in [5.41, 5.74) is 2.24. The summed E-state index contributed by atoms with van der Waals surface area (Å²) >= 11 is 0. The van der Waals surface area contributed by atoms with Gasteiger partial charge in [-0.05, 0) is 17.7 Å². The first-order valence-electron chi connectivity index (χ1n) is 7.07. The van der Waals surface area contributed by atoms with Crippen LogP contribution >= 0.6 is 0 Å². The van der Waals surface area contributed by atoms with Gasteiger partial charge in [-0.1, -0.05) is 13.8 Å². The minimum atomic E-state index is 0.0637. The molecular formula is C15H23N3O2. The van der Waals surface area contributed by atoms with Gasteiger partial charge in [0.15, 0.2) is 0 Å². The smallest absolute Gasteiger partial charge is 0.140 e. The molecule has 5 heteroatoms. The van der Waals surface area contributed by atoms with Crippen molar-refractivity contribution in [2.45, 2.75) is 33.0 Å². The van der Waals surface area contributed by atoms with Gasteiger partial charge in [0.2, 0.25) is 0 Å². The van der Waals surface area contributed by atoms with E-state index in [-0.39, 0.29) is 6.61 Å². The largest absolute Gasteiger partial charge is 0.394 e. The molecule has 2 rings (SSSR count). The molecule has 0 aliphatic heterocycles. The fourth-order valence-electron chi connectivity index (χ4n) is 2.15. The summed E-state index contributed by atoms with van der Waals surface area (Å²) in [5.74, 6) is 0. The Morgan fingerprint density at radius 3 is 3.00 bits per heavy atom. The third kappa shape index (κ3) is 3.79. The number of aromatic nitrogens is 2. The lowest BCUT2D eigenvalue weighted by atomic mass is 10.2. The van der Waals surface area contributed by atoms with Gasteiger partial charge in [-0.15, -0.1) is 0 Å². The molecule has 20 heavy (non-hydrogen) atoms. The fraction of sp³-hybridized carbons (Fsp3) is 0.533. The van der Waals surface area contributed by atoms with Gasteiger partial charge in [0, 0.05) is 36.9 Å². The van der Waals surface area contributed by atoms with Gasteiger partial charge in [0.25, 0.3) is 0 Å². The summed E-state index contributed by atoms with van der Waals surface area (Å²) in [7, 11) is 0. The zero-order chi connectivity index (χ0) is 14.4. The second-order valence-electron chi connectivity index (χ2n) is 5.09. The molecule has 2 heterocycles. The molecule has 0 amide bonds. The lowest BCUT2D eigenvalue weighted by Gasteiger charge is -2.06. The molecule has 2 N–H and O–H groups in total. The number of nitrogens with one attached hydrogen (secondary N) is 1. The van der Waals surface area contributed by atoms with Gasteiger partial charge in [-0.2, -0.15) is 0 Å². The van der Waals surface area contributed by atoms with Crippen molar-refractivity contribution in [2.24, 2.45) is 0 Å². The summed E-state index contributed by atoms with van der Waals surface area (Å²) in [6, 6.07) is 4.52. The lowest BCUT2D eigenvalue weighted by Crippen LogP contribution is -2.21. The van der Waals surface area contributed by atoms with Gasteiger partial charge >= 0.3 is 0 Å². The zero-order valence-electron chi connectivity index (χ0n) is 12.2. The summed E-state index contributed by atoms with van der Waals surface area (Å²) in [6.07, 6.45) is 3.95. The molecule has 0 bridgehead atoms. The number of rotatable bonds is 8. The molecule has 0 aliphatic rings. The van der Waals surface area contributed by atoms with Gasteiger partial charge in [-0.3, -0.25) is 0 Å².